The summed E-state index contributed by atoms with van der Waals surface area (Å²) in [5.74, 6) is 1.31. The van der Waals surface area contributed by atoms with Gasteiger partial charge in [-0.05, 0) is 55.8 Å². The van der Waals surface area contributed by atoms with Crippen molar-refractivity contribution in [2.75, 3.05) is 16.6 Å². The van der Waals surface area contributed by atoms with Crippen molar-refractivity contribution in [2.24, 2.45) is 0 Å². The Kier molecular flexibility index (Phi) is 5.61. The average molecular weight is 383 g/mol. The number of anilines is 3. The van der Waals surface area contributed by atoms with Gasteiger partial charge >= 0.3 is 0 Å². The first-order chi connectivity index (χ1) is 13.0. The van der Waals surface area contributed by atoms with E-state index < -0.39 is 10.0 Å². The number of ether oxygens (including phenoxy) is 1. The Balaban J connectivity index is 1.74. The van der Waals surface area contributed by atoms with Gasteiger partial charge in [0.15, 0.2) is 0 Å². The number of pyridine rings is 1. The zero-order chi connectivity index (χ0) is 19.3. The Morgan fingerprint density at radius 2 is 1.85 bits per heavy atom. The van der Waals surface area contributed by atoms with E-state index in [-0.39, 0.29) is 4.90 Å². The largest absolute Gasteiger partial charge is 0.492 e. The molecule has 6 nitrogen and oxygen atoms in total. The molecular weight excluding hydrogens is 362 g/mol. The van der Waals surface area contributed by atoms with Gasteiger partial charge in [-0.15, -0.1) is 0 Å². The lowest BCUT2D eigenvalue weighted by Gasteiger charge is -2.12. The van der Waals surface area contributed by atoms with Gasteiger partial charge in [0.1, 0.15) is 11.6 Å². The van der Waals surface area contributed by atoms with E-state index in [0.29, 0.717) is 18.1 Å². The lowest BCUT2D eigenvalue weighted by Crippen LogP contribution is -2.13. The smallest absolute Gasteiger partial charge is 0.261 e. The number of hydrogen-bond acceptors (Lipinski definition) is 5. The molecule has 0 bridgehead atoms. The van der Waals surface area contributed by atoms with Crippen LogP contribution in [0, 0.1) is 6.92 Å². The van der Waals surface area contributed by atoms with E-state index in [0.717, 1.165) is 17.0 Å². The van der Waals surface area contributed by atoms with Crippen LogP contribution in [0.3, 0.4) is 0 Å². The highest BCUT2D eigenvalue weighted by Crippen LogP contribution is 2.27. The molecule has 0 unspecified atom stereocenters. The first-order valence-corrected chi connectivity index (χ1v) is 10.0. The summed E-state index contributed by atoms with van der Waals surface area (Å²) in [6, 6.07) is 17.7. The van der Waals surface area contributed by atoms with Gasteiger partial charge in [0.05, 0.1) is 29.1 Å². The minimum absolute atomic E-state index is 0.218. The number of nitrogens with one attached hydrogen (secondary N) is 2. The second-order valence-corrected chi connectivity index (χ2v) is 7.59. The van der Waals surface area contributed by atoms with Gasteiger partial charge in [-0.2, -0.15) is 0 Å². The number of rotatable bonds is 7. The molecule has 1 aromatic heterocycles. The van der Waals surface area contributed by atoms with Crippen LogP contribution in [0.1, 0.15) is 12.5 Å². The van der Waals surface area contributed by atoms with E-state index in [4.69, 9.17) is 4.74 Å². The van der Waals surface area contributed by atoms with Gasteiger partial charge < -0.3 is 10.1 Å². The fraction of sp³-hybridized carbons (Fsp3) is 0.150. The van der Waals surface area contributed by atoms with Crippen LogP contribution in [-0.2, 0) is 10.0 Å². The second kappa shape index (κ2) is 8.09. The van der Waals surface area contributed by atoms with E-state index in [2.05, 4.69) is 15.0 Å². The van der Waals surface area contributed by atoms with Crippen LogP contribution in [-0.4, -0.2) is 20.0 Å². The Bertz CT molecular complexity index is 1020. The lowest BCUT2D eigenvalue weighted by molar-refractivity contribution is 0.342. The van der Waals surface area contributed by atoms with Crippen LogP contribution in [0.5, 0.6) is 5.75 Å². The average Bonchev–Trinajstić information content (AvgIpc) is 2.65. The Morgan fingerprint density at radius 1 is 1.04 bits per heavy atom. The molecule has 7 heteroatoms. The van der Waals surface area contributed by atoms with Crippen molar-refractivity contribution >= 4 is 27.2 Å². The molecule has 0 saturated carbocycles. The maximum absolute atomic E-state index is 12.5. The first kappa shape index (κ1) is 18.7. The molecule has 0 amide bonds. The minimum atomic E-state index is -3.65. The van der Waals surface area contributed by atoms with E-state index >= 15 is 0 Å². The molecule has 0 aliphatic carbocycles. The monoisotopic (exact) mass is 383 g/mol. The molecule has 0 atom stereocenters. The number of benzene rings is 2. The molecule has 2 N–H and O–H groups in total. The highest BCUT2D eigenvalue weighted by molar-refractivity contribution is 7.92. The third kappa shape index (κ3) is 4.77. The van der Waals surface area contributed by atoms with E-state index in [1.807, 2.05) is 44.2 Å². The lowest BCUT2D eigenvalue weighted by atomic mass is 10.2. The van der Waals surface area contributed by atoms with Crippen LogP contribution in [0.15, 0.2) is 71.8 Å². The molecular formula is C20H21N3O3S. The van der Waals surface area contributed by atoms with Gasteiger partial charge in [-0.3, -0.25) is 4.72 Å². The van der Waals surface area contributed by atoms with Gasteiger partial charge in [-0.1, -0.05) is 24.3 Å². The summed E-state index contributed by atoms with van der Waals surface area (Å²) < 4.78 is 33.1. The third-order valence-electron chi connectivity index (χ3n) is 3.77. The van der Waals surface area contributed by atoms with E-state index in [1.165, 1.54) is 6.20 Å². The normalized spacial score (nSPS) is 11.0. The molecule has 2 aromatic carbocycles. The SMILES string of the molecule is CCOc1ccccc1Nc1ccc(NS(=O)(=O)c2cccc(C)c2)cn1. The van der Waals surface area contributed by atoms with Crippen LogP contribution in [0.25, 0.3) is 0 Å². The number of aromatic nitrogens is 1. The van der Waals surface area contributed by atoms with Crippen molar-refractivity contribution in [1.82, 2.24) is 4.98 Å². The zero-order valence-electron chi connectivity index (χ0n) is 15.1. The summed E-state index contributed by atoms with van der Waals surface area (Å²) in [6.07, 6.45) is 1.47. The molecule has 0 radical (unpaired) electrons. The van der Waals surface area contributed by atoms with Crippen molar-refractivity contribution in [1.29, 1.82) is 0 Å². The zero-order valence-corrected chi connectivity index (χ0v) is 16.0. The summed E-state index contributed by atoms with van der Waals surface area (Å²) in [4.78, 5) is 4.49. The highest BCUT2D eigenvalue weighted by atomic mass is 32.2. The summed E-state index contributed by atoms with van der Waals surface area (Å²) in [5.41, 5.74) is 2.06. The van der Waals surface area contributed by atoms with Crippen LogP contribution >= 0.6 is 0 Å². The highest BCUT2D eigenvalue weighted by Gasteiger charge is 2.14. The number of sulfonamides is 1. The molecule has 3 rings (SSSR count). The van der Waals surface area contributed by atoms with E-state index in [9.17, 15) is 8.42 Å². The van der Waals surface area contributed by atoms with Crippen molar-refractivity contribution in [2.45, 2.75) is 18.7 Å². The molecule has 1 heterocycles. The summed E-state index contributed by atoms with van der Waals surface area (Å²) in [5, 5.41) is 3.17. The molecule has 27 heavy (non-hydrogen) atoms. The minimum Gasteiger partial charge on any atom is -0.492 e. The summed E-state index contributed by atoms with van der Waals surface area (Å²) in [7, 11) is -3.65. The van der Waals surface area contributed by atoms with Gasteiger partial charge in [0.25, 0.3) is 10.0 Å². The maximum Gasteiger partial charge on any atom is 0.261 e. The van der Waals surface area contributed by atoms with Gasteiger partial charge in [0, 0.05) is 0 Å². The standard InChI is InChI=1S/C20H21N3O3S/c1-3-26-19-10-5-4-9-18(19)22-20-12-11-16(14-21-20)23-27(24,25)17-8-6-7-15(2)13-17/h4-14,23H,3H2,1-2H3,(H,21,22). The molecule has 0 spiro atoms. The Hall–Kier alpha value is -3.06. The van der Waals surface area contributed by atoms with Crippen LogP contribution in [0.2, 0.25) is 0 Å². The topological polar surface area (TPSA) is 80.3 Å². The third-order valence-corrected chi connectivity index (χ3v) is 5.14. The van der Waals surface area contributed by atoms with Crippen molar-refractivity contribution < 1.29 is 13.2 Å². The number of hydrogen-bond donors (Lipinski definition) is 2. The number of nitrogens with zero attached hydrogens (tertiary/aromatic N) is 1. The van der Waals surface area contributed by atoms with Gasteiger partial charge in [-0.25, -0.2) is 13.4 Å². The molecule has 0 saturated heterocycles. The summed E-state index contributed by atoms with van der Waals surface area (Å²) >= 11 is 0. The van der Waals surface area contributed by atoms with Crippen molar-refractivity contribution in [3.05, 3.63) is 72.4 Å². The predicted octanol–water partition coefficient (Wildman–Crippen LogP) is 4.33. The van der Waals surface area contributed by atoms with Crippen molar-refractivity contribution in [3.63, 3.8) is 0 Å². The molecule has 0 aliphatic heterocycles. The molecule has 0 aliphatic rings. The number of para-hydroxylation sites is 2. The quantitative estimate of drug-likeness (QED) is 0.635. The molecule has 140 valence electrons. The van der Waals surface area contributed by atoms with Crippen LogP contribution < -0.4 is 14.8 Å². The fourth-order valence-corrected chi connectivity index (χ4v) is 3.66. The fourth-order valence-electron chi connectivity index (χ4n) is 2.51. The summed E-state index contributed by atoms with van der Waals surface area (Å²) in [6.45, 7) is 4.33. The maximum atomic E-state index is 12.5. The second-order valence-electron chi connectivity index (χ2n) is 5.91. The van der Waals surface area contributed by atoms with Gasteiger partial charge in [0.2, 0.25) is 0 Å². The Labute approximate surface area is 159 Å². The van der Waals surface area contributed by atoms with E-state index in [1.54, 1.807) is 30.3 Å². The first-order valence-electron chi connectivity index (χ1n) is 8.52. The Morgan fingerprint density at radius 3 is 2.56 bits per heavy atom. The molecule has 3 aromatic rings. The molecule has 0 fully saturated rings. The van der Waals surface area contributed by atoms with Crippen molar-refractivity contribution in [3.8, 4) is 5.75 Å². The van der Waals surface area contributed by atoms with Crippen LogP contribution in [0.4, 0.5) is 17.2 Å². The predicted molar refractivity (Wildman–Crippen MR) is 107 cm³/mol. The number of aryl methyl sites for hydroxylation is 1.